The van der Waals surface area contributed by atoms with Crippen molar-refractivity contribution in [3.8, 4) is 5.75 Å². The molecule has 0 radical (unpaired) electrons. The van der Waals surface area contributed by atoms with Crippen LogP contribution < -0.4 is 10.5 Å². The lowest BCUT2D eigenvalue weighted by Crippen LogP contribution is -2.21. The number of nitrogens with two attached hydrogens (primary N) is 1. The highest BCUT2D eigenvalue weighted by molar-refractivity contribution is 9.10. The lowest BCUT2D eigenvalue weighted by Gasteiger charge is -2.10. The molecule has 0 spiro atoms. The Bertz CT molecular complexity index is 526. The van der Waals surface area contributed by atoms with Crippen molar-refractivity contribution in [2.45, 2.75) is 32.4 Å². The van der Waals surface area contributed by atoms with E-state index in [-0.39, 0.29) is 6.04 Å². The maximum Gasteiger partial charge on any atom is 0.124 e. The van der Waals surface area contributed by atoms with Crippen LogP contribution in [0.1, 0.15) is 23.8 Å². The third kappa shape index (κ3) is 4.34. The molecule has 0 aliphatic carbocycles. The fourth-order valence-electron chi connectivity index (χ4n) is 1.79. The molecule has 0 aliphatic rings. The summed E-state index contributed by atoms with van der Waals surface area (Å²) in [5, 5.41) is 2.06. The zero-order valence-electron chi connectivity index (χ0n) is 10.9. The van der Waals surface area contributed by atoms with Crippen LogP contribution in [0.5, 0.6) is 5.75 Å². The molecule has 2 aromatic rings. The molecule has 1 aromatic heterocycles. The second-order valence-electron chi connectivity index (χ2n) is 4.50. The number of ether oxygens (including phenoxy) is 1. The number of halogens is 1. The minimum absolute atomic E-state index is 0.224. The second kappa shape index (κ2) is 7.08. The van der Waals surface area contributed by atoms with Crippen molar-refractivity contribution < 1.29 is 4.74 Å². The van der Waals surface area contributed by atoms with Crippen molar-refractivity contribution in [1.82, 2.24) is 0 Å². The Balaban J connectivity index is 1.97. The standard InChI is InChI=1S/C15H18BrNOS/c1-2-12(17)8-11-4-3-5-13(9-11)18-10-15-14(16)6-7-19-15/h3-7,9,12H,2,8,10,17H2,1H3. The van der Waals surface area contributed by atoms with Crippen molar-refractivity contribution in [1.29, 1.82) is 0 Å². The van der Waals surface area contributed by atoms with Gasteiger partial charge in [0.05, 0.1) is 4.88 Å². The summed E-state index contributed by atoms with van der Waals surface area (Å²) in [5.41, 5.74) is 7.21. The Morgan fingerprint density at radius 2 is 2.21 bits per heavy atom. The summed E-state index contributed by atoms with van der Waals surface area (Å²) in [5.74, 6) is 0.904. The first-order valence-electron chi connectivity index (χ1n) is 6.38. The molecule has 102 valence electrons. The first kappa shape index (κ1) is 14.6. The van der Waals surface area contributed by atoms with E-state index >= 15 is 0 Å². The molecule has 2 nitrogen and oxygen atoms in total. The quantitative estimate of drug-likeness (QED) is 0.847. The fourth-order valence-corrected chi connectivity index (χ4v) is 3.16. The molecule has 4 heteroatoms. The number of rotatable bonds is 6. The summed E-state index contributed by atoms with van der Waals surface area (Å²) in [7, 11) is 0. The highest BCUT2D eigenvalue weighted by atomic mass is 79.9. The maximum atomic E-state index is 5.98. The number of thiophene rings is 1. The number of hydrogen-bond acceptors (Lipinski definition) is 3. The van der Waals surface area contributed by atoms with Gasteiger partial charge in [-0.05, 0) is 57.9 Å². The van der Waals surface area contributed by atoms with Crippen LogP contribution in [0.4, 0.5) is 0 Å². The minimum Gasteiger partial charge on any atom is -0.488 e. The molecule has 19 heavy (non-hydrogen) atoms. The normalized spacial score (nSPS) is 12.4. The molecule has 0 fully saturated rings. The zero-order chi connectivity index (χ0) is 13.7. The van der Waals surface area contributed by atoms with Crippen LogP contribution in [0.3, 0.4) is 0 Å². The highest BCUT2D eigenvalue weighted by Crippen LogP contribution is 2.24. The minimum atomic E-state index is 0.224. The first-order valence-corrected chi connectivity index (χ1v) is 8.05. The van der Waals surface area contributed by atoms with Gasteiger partial charge in [0.25, 0.3) is 0 Å². The van der Waals surface area contributed by atoms with Gasteiger partial charge < -0.3 is 10.5 Å². The van der Waals surface area contributed by atoms with Gasteiger partial charge in [0.15, 0.2) is 0 Å². The fraction of sp³-hybridized carbons (Fsp3) is 0.333. The SMILES string of the molecule is CCC(N)Cc1cccc(OCc2sccc2Br)c1. The van der Waals surface area contributed by atoms with Crippen LogP contribution >= 0.6 is 27.3 Å². The Morgan fingerprint density at radius 1 is 1.37 bits per heavy atom. The Kier molecular flexibility index (Phi) is 5.43. The summed E-state index contributed by atoms with van der Waals surface area (Å²) >= 11 is 5.21. The summed E-state index contributed by atoms with van der Waals surface area (Å²) in [6.07, 6.45) is 1.89. The van der Waals surface area contributed by atoms with Gasteiger partial charge in [-0.1, -0.05) is 19.1 Å². The topological polar surface area (TPSA) is 35.2 Å². The van der Waals surface area contributed by atoms with Gasteiger partial charge >= 0.3 is 0 Å². The lowest BCUT2D eigenvalue weighted by molar-refractivity contribution is 0.309. The van der Waals surface area contributed by atoms with E-state index in [0.717, 1.165) is 23.1 Å². The van der Waals surface area contributed by atoms with Crippen LogP contribution in [-0.4, -0.2) is 6.04 Å². The van der Waals surface area contributed by atoms with E-state index in [0.29, 0.717) is 6.61 Å². The average molecular weight is 340 g/mol. The van der Waals surface area contributed by atoms with E-state index in [1.165, 1.54) is 10.4 Å². The van der Waals surface area contributed by atoms with E-state index in [2.05, 4.69) is 40.4 Å². The summed E-state index contributed by atoms with van der Waals surface area (Å²) in [6.45, 7) is 2.71. The van der Waals surface area contributed by atoms with Crippen molar-refractivity contribution in [2.24, 2.45) is 5.73 Å². The predicted molar refractivity (Wildman–Crippen MR) is 84.8 cm³/mol. The van der Waals surface area contributed by atoms with E-state index in [9.17, 15) is 0 Å². The van der Waals surface area contributed by atoms with E-state index < -0.39 is 0 Å². The second-order valence-corrected chi connectivity index (χ2v) is 6.36. The molecule has 0 bridgehead atoms. The van der Waals surface area contributed by atoms with Crippen LogP contribution in [0.15, 0.2) is 40.2 Å². The van der Waals surface area contributed by atoms with Gasteiger partial charge in [-0.15, -0.1) is 11.3 Å². The monoisotopic (exact) mass is 339 g/mol. The molecule has 2 rings (SSSR count). The molecule has 1 aromatic carbocycles. The average Bonchev–Trinajstić information content (AvgIpc) is 2.82. The Hall–Kier alpha value is -0.840. The zero-order valence-corrected chi connectivity index (χ0v) is 13.3. The molecule has 0 amide bonds. The largest absolute Gasteiger partial charge is 0.488 e. The third-order valence-corrected chi connectivity index (χ3v) is 4.88. The highest BCUT2D eigenvalue weighted by Gasteiger charge is 2.05. The molecule has 1 atom stereocenters. The third-order valence-electron chi connectivity index (χ3n) is 2.98. The van der Waals surface area contributed by atoms with Crippen molar-refractivity contribution >= 4 is 27.3 Å². The Morgan fingerprint density at radius 3 is 2.89 bits per heavy atom. The Labute approximate surface area is 126 Å². The number of benzene rings is 1. The van der Waals surface area contributed by atoms with Gasteiger partial charge in [0, 0.05) is 10.5 Å². The van der Waals surface area contributed by atoms with Crippen molar-refractivity contribution in [3.05, 3.63) is 50.6 Å². The molecule has 0 aliphatic heterocycles. The predicted octanol–water partition coefficient (Wildman–Crippen LogP) is 4.37. The molecule has 2 N–H and O–H groups in total. The van der Waals surface area contributed by atoms with Crippen LogP contribution in [0.2, 0.25) is 0 Å². The van der Waals surface area contributed by atoms with Crippen molar-refractivity contribution in [2.75, 3.05) is 0 Å². The molecule has 0 saturated carbocycles. The van der Waals surface area contributed by atoms with Crippen molar-refractivity contribution in [3.63, 3.8) is 0 Å². The van der Waals surface area contributed by atoms with E-state index in [4.69, 9.17) is 10.5 Å². The van der Waals surface area contributed by atoms with Gasteiger partial charge in [0.1, 0.15) is 12.4 Å². The molecular weight excluding hydrogens is 322 g/mol. The molecular formula is C15H18BrNOS. The number of hydrogen-bond donors (Lipinski definition) is 1. The van der Waals surface area contributed by atoms with Crippen LogP contribution in [-0.2, 0) is 13.0 Å². The smallest absolute Gasteiger partial charge is 0.124 e. The maximum absolute atomic E-state index is 5.98. The first-order chi connectivity index (χ1) is 9.19. The van der Waals surface area contributed by atoms with Crippen LogP contribution in [0.25, 0.3) is 0 Å². The lowest BCUT2D eigenvalue weighted by atomic mass is 10.0. The molecule has 0 saturated heterocycles. The van der Waals surface area contributed by atoms with Gasteiger partial charge in [-0.2, -0.15) is 0 Å². The van der Waals surface area contributed by atoms with Crippen LogP contribution in [0, 0.1) is 0 Å². The molecule has 1 unspecified atom stereocenters. The summed E-state index contributed by atoms with van der Waals surface area (Å²) in [4.78, 5) is 1.20. The van der Waals surface area contributed by atoms with Gasteiger partial charge in [-0.3, -0.25) is 0 Å². The van der Waals surface area contributed by atoms with E-state index in [1.807, 2.05) is 18.2 Å². The molecule has 1 heterocycles. The summed E-state index contributed by atoms with van der Waals surface area (Å²) in [6, 6.07) is 10.5. The van der Waals surface area contributed by atoms with Gasteiger partial charge in [0.2, 0.25) is 0 Å². The van der Waals surface area contributed by atoms with Gasteiger partial charge in [-0.25, -0.2) is 0 Å². The summed E-state index contributed by atoms with van der Waals surface area (Å²) < 4.78 is 6.94. The van der Waals surface area contributed by atoms with E-state index in [1.54, 1.807) is 11.3 Å².